The van der Waals surface area contributed by atoms with Crippen LogP contribution < -0.4 is 5.32 Å². The van der Waals surface area contributed by atoms with Crippen molar-refractivity contribution in [3.63, 3.8) is 0 Å². The summed E-state index contributed by atoms with van der Waals surface area (Å²) in [4.78, 5) is 0. The van der Waals surface area contributed by atoms with Gasteiger partial charge in [0.05, 0.1) is 0 Å². The molecular weight excluding hydrogens is 206 g/mol. The van der Waals surface area contributed by atoms with Crippen LogP contribution in [-0.2, 0) is 0 Å². The van der Waals surface area contributed by atoms with Gasteiger partial charge in [-0.15, -0.1) is 0 Å². The fraction of sp³-hybridized carbons (Fsp3) is 1.00. The summed E-state index contributed by atoms with van der Waals surface area (Å²) in [6, 6.07) is 0.621. The maximum Gasteiger partial charge on any atom is 0.00105 e. The lowest BCUT2D eigenvalue weighted by Crippen LogP contribution is -2.26. The van der Waals surface area contributed by atoms with Crippen molar-refractivity contribution in [1.82, 2.24) is 5.32 Å². The predicted molar refractivity (Wildman–Crippen MR) is 77.3 cm³/mol. The van der Waals surface area contributed by atoms with E-state index in [1.807, 2.05) is 0 Å². The van der Waals surface area contributed by atoms with E-state index >= 15 is 0 Å². The smallest absolute Gasteiger partial charge is 0.00105 e. The zero-order chi connectivity index (χ0) is 13.1. The van der Waals surface area contributed by atoms with Gasteiger partial charge in [-0.1, -0.05) is 67.2 Å². The Morgan fingerprint density at radius 2 is 1.71 bits per heavy atom. The summed E-state index contributed by atoms with van der Waals surface area (Å²) < 4.78 is 0. The zero-order valence-electron chi connectivity index (χ0n) is 12.9. The van der Waals surface area contributed by atoms with Crippen molar-refractivity contribution in [3.8, 4) is 0 Å². The number of unbranched alkanes of at least 4 members (excludes halogenated alkanes) is 3. The van der Waals surface area contributed by atoms with Gasteiger partial charge >= 0.3 is 0 Å². The van der Waals surface area contributed by atoms with Crippen molar-refractivity contribution in [3.05, 3.63) is 0 Å². The lowest BCUT2D eigenvalue weighted by molar-refractivity contribution is 0.367. The quantitative estimate of drug-likeness (QED) is 0.610. The van der Waals surface area contributed by atoms with Crippen LogP contribution in [0.4, 0.5) is 0 Å². The summed E-state index contributed by atoms with van der Waals surface area (Å²) in [7, 11) is 0. The van der Waals surface area contributed by atoms with Crippen LogP contribution in [0.2, 0.25) is 0 Å². The molecule has 2 unspecified atom stereocenters. The Bertz CT molecular complexity index is 232. The maximum absolute atomic E-state index is 3.62. The summed E-state index contributed by atoms with van der Waals surface area (Å²) in [5.41, 5.74) is 1.13. The minimum absolute atomic E-state index is 0.543. The fourth-order valence-corrected chi connectivity index (χ4v) is 3.45. The Labute approximate surface area is 109 Å². The van der Waals surface area contributed by atoms with Gasteiger partial charge in [0, 0.05) is 6.04 Å². The van der Waals surface area contributed by atoms with Crippen LogP contribution in [0.1, 0.15) is 73.6 Å². The average molecular weight is 239 g/mol. The van der Waals surface area contributed by atoms with E-state index in [1.165, 1.54) is 38.6 Å². The van der Waals surface area contributed by atoms with Crippen LogP contribution in [0, 0.1) is 16.7 Å². The molecule has 0 radical (unpaired) electrons. The Balaban J connectivity index is 2.35. The van der Waals surface area contributed by atoms with Crippen LogP contribution >= 0.6 is 0 Å². The molecule has 0 heterocycles. The second-order valence-corrected chi connectivity index (χ2v) is 7.07. The first kappa shape index (κ1) is 15.0. The largest absolute Gasteiger partial charge is 0.314 e. The van der Waals surface area contributed by atoms with Crippen LogP contribution in [0.3, 0.4) is 0 Å². The van der Waals surface area contributed by atoms with Gasteiger partial charge in [-0.3, -0.25) is 0 Å². The highest BCUT2D eigenvalue weighted by atomic mass is 14.9. The molecule has 0 aliphatic heterocycles. The lowest BCUT2D eigenvalue weighted by Gasteiger charge is -2.14. The van der Waals surface area contributed by atoms with Gasteiger partial charge in [-0.2, -0.15) is 0 Å². The van der Waals surface area contributed by atoms with E-state index in [2.05, 4.69) is 46.9 Å². The Hall–Kier alpha value is -0.0400. The van der Waals surface area contributed by atoms with E-state index in [0.717, 1.165) is 5.92 Å². The van der Waals surface area contributed by atoms with E-state index in [9.17, 15) is 0 Å². The van der Waals surface area contributed by atoms with Crippen LogP contribution in [0.25, 0.3) is 0 Å². The lowest BCUT2D eigenvalue weighted by atomic mass is 9.91. The summed E-state index contributed by atoms with van der Waals surface area (Å²) in [5, 5.41) is 3.62. The van der Waals surface area contributed by atoms with Gasteiger partial charge < -0.3 is 5.32 Å². The first-order valence-electron chi connectivity index (χ1n) is 7.59. The standard InChI is InChI=1S/C16H33N/c1-7-8-9-10-11-16(6)14(15(16,4)5)12-17-13(2)3/h13-14,17H,7-12H2,1-6H3. The number of rotatable bonds is 8. The predicted octanol–water partition coefficient (Wildman–Crippen LogP) is 4.62. The molecule has 0 amide bonds. The zero-order valence-corrected chi connectivity index (χ0v) is 12.9. The van der Waals surface area contributed by atoms with Crippen LogP contribution in [0.15, 0.2) is 0 Å². The minimum Gasteiger partial charge on any atom is -0.314 e. The third-order valence-corrected chi connectivity index (χ3v) is 5.31. The first-order chi connectivity index (χ1) is 7.86. The van der Waals surface area contributed by atoms with Gasteiger partial charge in [-0.25, -0.2) is 0 Å². The molecule has 0 aromatic heterocycles. The van der Waals surface area contributed by atoms with E-state index in [4.69, 9.17) is 0 Å². The van der Waals surface area contributed by atoms with Crippen molar-refractivity contribution >= 4 is 0 Å². The van der Waals surface area contributed by atoms with E-state index in [-0.39, 0.29) is 0 Å². The molecule has 0 saturated heterocycles. The van der Waals surface area contributed by atoms with E-state index < -0.39 is 0 Å². The Morgan fingerprint density at radius 3 is 2.24 bits per heavy atom. The van der Waals surface area contributed by atoms with Crippen molar-refractivity contribution in [2.24, 2.45) is 16.7 Å². The highest BCUT2D eigenvalue weighted by Crippen LogP contribution is 2.70. The van der Waals surface area contributed by atoms with Gasteiger partial charge in [0.1, 0.15) is 0 Å². The third kappa shape index (κ3) is 3.24. The van der Waals surface area contributed by atoms with Gasteiger partial charge in [0.25, 0.3) is 0 Å². The highest BCUT2D eigenvalue weighted by molar-refractivity contribution is 5.15. The second-order valence-electron chi connectivity index (χ2n) is 7.07. The van der Waals surface area contributed by atoms with E-state index in [1.54, 1.807) is 0 Å². The molecule has 1 aliphatic carbocycles. The topological polar surface area (TPSA) is 12.0 Å². The van der Waals surface area contributed by atoms with Crippen molar-refractivity contribution < 1.29 is 0 Å². The van der Waals surface area contributed by atoms with Crippen LogP contribution in [0.5, 0.6) is 0 Å². The molecule has 1 N–H and O–H groups in total. The molecule has 1 aliphatic rings. The molecular formula is C16H33N. The molecule has 1 nitrogen and oxygen atoms in total. The SMILES string of the molecule is CCCCCCC1(C)C(CNC(C)C)C1(C)C. The molecule has 1 heteroatoms. The van der Waals surface area contributed by atoms with E-state index in [0.29, 0.717) is 16.9 Å². The Kier molecular flexibility index (Phi) is 5.07. The number of nitrogens with one attached hydrogen (secondary N) is 1. The average Bonchev–Trinajstić information content (AvgIpc) is 2.65. The van der Waals surface area contributed by atoms with Gasteiger partial charge in [-0.05, 0) is 29.7 Å². The minimum atomic E-state index is 0.543. The third-order valence-electron chi connectivity index (χ3n) is 5.31. The van der Waals surface area contributed by atoms with Gasteiger partial charge in [0.2, 0.25) is 0 Å². The molecule has 0 aromatic carbocycles. The summed E-state index contributed by atoms with van der Waals surface area (Å²) in [5.74, 6) is 0.874. The summed E-state index contributed by atoms with van der Waals surface area (Å²) >= 11 is 0. The Morgan fingerprint density at radius 1 is 1.06 bits per heavy atom. The molecule has 17 heavy (non-hydrogen) atoms. The monoisotopic (exact) mass is 239 g/mol. The van der Waals surface area contributed by atoms with Crippen LogP contribution in [-0.4, -0.2) is 12.6 Å². The molecule has 102 valence electrons. The molecule has 1 fully saturated rings. The number of hydrogen-bond acceptors (Lipinski definition) is 1. The summed E-state index contributed by atoms with van der Waals surface area (Å²) in [6.07, 6.45) is 7.02. The normalized spacial score (nSPS) is 30.9. The van der Waals surface area contributed by atoms with Crippen molar-refractivity contribution in [1.29, 1.82) is 0 Å². The summed E-state index contributed by atoms with van der Waals surface area (Å²) in [6.45, 7) is 15.4. The maximum atomic E-state index is 3.62. The molecule has 2 atom stereocenters. The fourth-order valence-electron chi connectivity index (χ4n) is 3.45. The van der Waals surface area contributed by atoms with Gasteiger partial charge in [0.15, 0.2) is 0 Å². The molecule has 1 rings (SSSR count). The first-order valence-corrected chi connectivity index (χ1v) is 7.59. The second kappa shape index (κ2) is 5.73. The molecule has 0 bridgehead atoms. The molecule has 1 saturated carbocycles. The van der Waals surface area contributed by atoms with Crippen molar-refractivity contribution in [2.75, 3.05) is 6.54 Å². The number of hydrogen-bond donors (Lipinski definition) is 1. The highest BCUT2D eigenvalue weighted by Gasteiger charge is 2.66. The molecule has 0 spiro atoms. The van der Waals surface area contributed by atoms with Crippen molar-refractivity contribution in [2.45, 2.75) is 79.7 Å². The molecule has 0 aromatic rings.